The number of ether oxygens (including phenoxy) is 1. The molecule has 3 atom stereocenters. The zero-order valence-electron chi connectivity index (χ0n) is 12.5. The molecule has 1 saturated heterocycles. The first-order chi connectivity index (χ1) is 8.87. The number of carbonyl (C=O) groups excluding carboxylic acids is 1. The summed E-state index contributed by atoms with van der Waals surface area (Å²) in [6.07, 6.45) is 5.85. The fraction of sp³-hybridized carbons (Fsp3) is 0.933. The van der Waals surface area contributed by atoms with Gasteiger partial charge in [0.2, 0.25) is 0 Å². The standard InChI is InChI=1S/C15H28N2O2/c1-15(2,3)19-14(18)17-9-8-11(10-17)12-6-4-5-7-13(12)16/h11-13H,4-10,16H2,1-3H3/t11-,12+,13-/m0/s1. The summed E-state index contributed by atoms with van der Waals surface area (Å²) in [5.41, 5.74) is 5.84. The summed E-state index contributed by atoms with van der Waals surface area (Å²) < 4.78 is 5.44. The monoisotopic (exact) mass is 268 g/mol. The van der Waals surface area contributed by atoms with Crippen molar-refractivity contribution in [2.75, 3.05) is 13.1 Å². The van der Waals surface area contributed by atoms with E-state index in [9.17, 15) is 4.79 Å². The zero-order valence-corrected chi connectivity index (χ0v) is 12.5. The molecule has 1 aliphatic heterocycles. The molecule has 0 radical (unpaired) electrons. The predicted octanol–water partition coefficient (Wildman–Crippen LogP) is 2.76. The summed E-state index contributed by atoms with van der Waals surface area (Å²) >= 11 is 0. The summed E-state index contributed by atoms with van der Waals surface area (Å²) in [4.78, 5) is 13.9. The van der Waals surface area contributed by atoms with Crippen LogP contribution >= 0.6 is 0 Å². The Bertz CT molecular complexity index is 325. The van der Waals surface area contributed by atoms with E-state index in [0.717, 1.165) is 25.9 Å². The number of hydrogen-bond donors (Lipinski definition) is 1. The highest BCUT2D eigenvalue weighted by Crippen LogP contribution is 2.34. The van der Waals surface area contributed by atoms with Gasteiger partial charge in [-0.25, -0.2) is 4.79 Å². The van der Waals surface area contributed by atoms with Crippen LogP contribution in [-0.2, 0) is 4.74 Å². The number of nitrogens with two attached hydrogens (primary N) is 1. The van der Waals surface area contributed by atoms with Crippen LogP contribution in [0.15, 0.2) is 0 Å². The Kier molecular flexibility index (Phi) is 4.39. The van der Waals surface area contributed by atoms with Crippen LogP contribution in [0.3, 0.4) is 0 Å². The van der Waals surface area contributed by atoms with E-state index in [1.807, 2.05) is 25.7 Å². The van der Waals surface area contributed by atoms with Crippen molar-refractivity contribution in [3.8, 4) is 0 Å². The normalized spacial score (nSPS) is 32.4. The third kappa shape index (κ3) is 3.85. The summed E-state index contributed by atoms with van der Waals surface area (Å²) in [5.74, 6) is 1.17. The molecule has 2 aliphatic rings. The van der Waals surface area contributed by atoms with Gasteiger partial charge in [0.05, 0.1) is 0 Å². The van der Waals surface area contributed by atoms with Crippen molar-refractivity contribution in [3.05, 3.63) is 0 Å². The van der Waals surface area contributed by atoms with Crippen LogP contribution < -0.4 is 5.73 Å². The molecule has 2 N–H and O–H groups in total. The lowest BCUT2D eigenvalue weighted by atomic mass is 9.76. The lowest BCUT2D eigenvalue weighted by Crippen LogP contribution is -2.40. The van der Waals surface area contributed by atoms with Gasteiger partial charge in [-0.15, -0.1) is 0 Å². The first kappa shape index (κ1) is 14.6. The van der Waals surface area contributed by atoms with Gasteiger partial charge < -0.3 is 15.4 Å². The van der Waals surface area contributed by atoms with Crippen LogP contribution in [0.1, 0.15) is 52.9 Å². The quantitative estimate of drug-likeness (QED) is 0.795. The molecule has 1 heterocycles. The first-order valence-electron chi connectivity index (χ1n) is 7.60. The third-order valence-electron chi connectivity index (χ3n) is 4.36. The highest BCUT2D eigenvalue weighted by molar-refractivity contribution is 5.68. The van der Waals surface area contributed by atoms with Gasteiger partial charge in [-0.1, -0.05) is 12.8 Å². The minimum absolute atomic E-state index is 0.167. The zero-order chi connectivity index (χ0) is 14.0. The smallest absolute Gasteiger partial charge is 0.410 e. The predicted molar refractivity (Wildman–Crippen MR) is 75.8 cm³/mol. The number of amides is 1. The van der Waals surface area contributed by atoms with Crippen LogP contribution in [0, 0.1) is 11.8 Å². The molecule has 110 valence electrons. The number of carbonyl (C=O) groups is 1. The fourth-order valence-electron chi connectivity index (χ4n) is 3.40. The molecule has 19 heavy (non-hydrogen) atoms. The van der Waals surface area contributed by atoms with Crippen LogP contribution in [0.4, 0.5) is 4.79 Å². The average Bonchev–Trinajstić information content (AvgIpc) is 2.76. The van der Waals surface area contributed by atoms with Crippen molar-refractivity contribution < 1.29 is 9.53 Å². The highest BCUT2D eigenvalue weighted by atomic mass is 16.6. The van der Waals surface area contributed by atoms with Gasteiger partial charge >= 0.3 is 6.09 Å². The Balaban J connectivity index is 1.87. The maximum Gasteiger partial charge on any atom is 0.410 e. The van der Waals surface area contributed by atoms with Crippen molar-refractivity contribution in [3.63, 3.8) is 0 Å². The maximum absolute atomic E-state index is 12.0. The Labute approximate surface area is 116 Å². The van der Waals surface area contributed by atoms with Crippen molar-refractivity contribution >= 4 is 6.09 Å². The molecule has 2 rings (SSSR count). The second kappa shape index (κ2) is 5.70. The van der Waals surface area contributed by atoms with Gasteiger partial charge in [0.15, 0.2) is 0 Å². The maximum atomic E-state index is 12.0. The average molecular weight is 268 g/mol. The molecule has 0 aromatic carbocycles. The van der Waals surface area contributed by atoms with Gasteiger partial charge in [0.25, 0.3) is 0 Å². The fourth-order valence-corrected chi connectivity index (χ4v) is 3.40. The van der Waals surface area contributed by atoms with Crippen molar-refractivity contribution in [2.45, 2.75) is 64.5 Å². The molecule has 0 aromatic rings. The molecule has 4 nitrogen and oxygen atoms in total. The van der Waals surface area contributed by atoms with Gasteiger partial charge in [0, 0.05) is 19.1 Å². The lowest BCUT2D eigenvalue weighted by Gasteiger charge is -2.33. The summed E-state index contributed by atoms with van der Waals surface area (Å²) in [5, 5.41) is 0. The van der Waals surface area contributed by atoms with E-state index in [-0.39, 0.29) is 6.09 Å². The second-order valence-corrected chi connectivity index (χ2v) is 7.09. The third-order valence-corrected chi connectivity index (χ3v) is 4.36. The van der Waals surface area contributed by atoms with E-state index in [1.54, 1.807) is 0 Å². The molecule has 0 bridgehead atoms. The van der Waals surface area contributed by atoms with Crippen LogP contribution in [0.25, 0.3) is 0 Å². The summed E-state index contributed by atoms with van der Waals surface area (Å²) in [6.45, 7) is 7.39. The number of likely N-dealkylation sites (tertiary alicyclic amines) is 1. The Morgan fingerprint density at radius 1 is 1.21 bits per heavy atom. The second-order valence-electron chi connectivity index (χ2n) is 7.09. The van der Waals surface area contributed by atoms with E-state index >= 15 is 0 Å². The van der Waals surface area contributed by atoms with E-state index in [2.05, 4.69) is 0 Å². The number of nitrogens with zero attached hydrogens (tertiary/aromatic N) is 1. The molecule has 1 amide bonds. The van der Waals surface area contributed by atoms with Gasteiger partial charge in [0.1, 0.15) is 5.60 Å². The Morgan fingerprint density at radius 2 is 1.89 bits per heavy atom. The molecule has 0 spiro atoms. The van der Waals surface area contributed by atoms with Crippen molar-refractivity contribution in [1.29, 1.82) is 0 Å². The Morgan fingerprint density at radius 3 is 2.53 bits per heavy atom. The largest absolute Gasteiger partial charge is 0.444 e. The number of hydrogen-bond acceptors (Lipinski definition) is 3. The SMILES string of the molecule is CC(C)(C)OC(=O)N1CC[C@H]([C@H]2CCCC[C@@H]2N)C1. The van der Waals surface area contributed by atoms with Gasteiger partial charge in [-0.05, 0) is 51.9 Å². The first-order valence-corrected chi connectivity index (χ1v) is 7.60. The summed E-state index contributed by atoms with van der Waals surface area (Å²) in [7, 11) is 0. The molecular weight excluding hydrogens is 240 g/mol. The lowest BCUT2D eigenvalue weighted by molar-refractivity contribution is 0.0279. The van der Waals surface area contributed by atoms with E-state index in [4.69, 9.17) is 10.5 Å². The van der Waals surface area contributed by atoms with E-state index < -0.39 is 5.60 Å². The van der Waals surface area contributed by atoms with Crippen LogP contribution in [0.2, 0.25) is 0 Å². The van der Waals surface area contributed by atoms with E-state index in [1.165, 1.54) is 19.3 Å². The van der Waals surface area contributed by atoms with Gasteiger partial charge in [-0.2, -0.15) is 0 Å². The molecule has 0 unspecified atom stereocenters. The Hall–Kier alpha value is -0.770. The molecule has 4 heteroatoms. The van der Waals surface area contributed by atoms with Gasteiger partial charge in [-0.3, -0.25) is 0 Å². The highest BCUT2D eigenvalue weighted by Gasteiger charge is 2.36. The van der Waals surface area contributed by atoms with Crippen molar-refractivity contribution in [1.82, 2.24) is 4.90 Å². The topological polar surface area (TPSA) is 55.6 Å². The minimum atomic E-state index is -0.406. The molecule has 2 fully saturated rings. The summed E-state index contributed by atoms with van der Waals surface area (Å²) in [6, 6.07) is 0.331. The van der Waals surface area contributed by atoms with Crippen LogP contribution in [-0.4, -0.2) is 35.7 Å². The molecule has 0 aromatic heterocycles. The number of rotatable bonds is 1. The molecule has 1 aliphatic carbocycles. The van der Waals surface area contributed by atoms with Crippen LogP contribution in [0.5, 0.6) is 0 Å². The molecule has 1 saturated carbocycles. The molecular formula is C15H28N2O2. The minimum Gasteiger partial charge on any atom is -0.444 e. The van der Waals surface area contributed by atoms with Crippen molar-refractivity contribution in [2.24, 2.45) is 17.6 Å². The van der Waals surface area contributed by atoms with E-state index in [0.29, 0.717) is 17.9 Å².